The minimum atomic E-state index is 0.504. The van der Waals surface area contributed by atoms with E-state index in [1.54, 1.807) is 0 Å². The number of hydrogen-bond donors (Lipinski definition) is 1. The molecule has 4 nitrogen and oxygen atoms in total. The van der Waals surface area contributed by atoms with Crippen LogP contribution < -0.4 is 10.6 Å². The van der Waals surface area contributed by atoms with Gasteiger partial charge in [0, 0.05) is 13.1 Å². The summed E-state index contributed by atoms with van der Waals surface area (Å²) in [5.41, 5.74) is 5.85. The van der Waals surface area contributed by atoms with Crippen LogP contribution in [0.1, 0.15) is 40.5 Å². The molecule has 1 aromatic rings. The summed E-state index contributed by atoms with van der Waals surface area (Å²) in [4.78, 5) is 10.7. The Morgan fingerprint density at radius 3 is 2.11 bits per heavy atom. The molecule has 0 aliphatic heterocycles. The van der Waals surface area contributed by atoms with Gasteiger partial charge in [-0.1, -0.05) is 27.7 Å². The summed E-state index contributed by atoms with van der Waals surface area (Å²) >= 11 is 3.50. The maximum Gasteiger partial charge on any atom is 0.148 e. The normalized spacial score (nSPS) is 11.3. The second-order valence-electron chi connectivity index (χ2n) is 5.75. The Morgan fingerprint density at radius 1 is 1.11 bits per heavy atom. The average molecular weight is 329 g/mol. The molecule has 0 saturated heterocycles. The van der Waals surface area contributed by atoms with E-state index >= 15 is 0 Å². The predicted molar refractivity (Wildman–Crippen MR) is 85.3 cm³/mol. The topological polar surface area (TPSA) is 55.0 Å². The number of aromatic nitrogens is 2. The van der Waals surface area contributed by atoms with E-state index in [0.717, 1.165) is 36.2 Å². The van der Waals surface area contributed by atoms with Crippen molar-refractivity contribution in [3.8, 4) is 0 Å². The lowest BCUT2D eigenvalue weighted by Gasteiger charge is -2.26. The van der Waals surface area contributed by atoms with E-state index in [-0.39, 0.29) is 0 Å². The Balaban J connectivity index is 2.84. The summed E-state index contributed by atoms with van der Waals surface area (Å²) in [7, 11) is 0. The third-order valence-corrected chi connectivity index (χ3v) is 3.81. The van der Waals surface area contributed by atoms with Crippen molar-refractivity contribution in [3.05, 3.63) is 10.8 Å². The van der Waals surface area contributed by atoms with Crippen LogP contribution in [0, 0.1) is 11.8 Å². The predicted octanol–water partition coefficient (Wildman–Crippen LogP) is 3.72. The fraction of sp³-hybridized carbons (Fsp3) is 0.714. The lowest BCUT2D eigenvalue weighted by molar-refractivity contribution is 0.532. The van der Waals surface area contributed by atoms with Crippen molar-refractivity contribution in [3.63, 3.8) is 0 Å². The molecule has 0 atom stereocenters. The molecule has 1 heterocycles. The van der Waals surface area contributed by atoms with E-state index in [1.165, 1.54) is 6.33 Å². The van der Waals surface area contributed by atoms with Crippen LogP contribution in [-0.4, -0.2) is 23.1 Å². The van der Waals surface area contributed by atoms with E-state index in [2.05, 4.69) is 58.5 Å². The number of nitrogens with two attached hydrogens (primary N) is 1. The van der Waals surface area contributed by atoms with E-state index in [9.17, 15) is 0 Å². The van der Waals surface area contributed by atoms with Gasteiger partial charge in [-0.05, 0) is 40.6 Å². The number of nitrogen functional groups attached to an aromatic ring is 1. The number of anilines is 2. The van der Waals surface area contributed by atoms with Crippen LogP contribution in [0.4, 0.5) is 11.6 Å². The van der Waals surface area contributed by atoms with Crippen LogP contribution in [0.5, 0.6) is 0 Å². The summed E-state index contributed by atoms with van der Waals surface area (Å²) in [6.07, 6.45) is 3.83. The molecule has 19 heavy (non-hydrogen) atoms. The Hall–Kier alpha value is -0.840. The zero-order valence-electron chi connectivity index (χ0n) is 12.4. The molecule has 2 N–H and O–H groups in total. The Kier molecular flexibility index (Phi) is 6.55. The third-order valence-electron chi connectivity index (χ3n) is 3.05. The van der Waals surface area contributed by atoms with E-state index in [1.807, 2.05) is 0 Å². The Bertz CT molecular complexity index is 381. The van der Waals surface area contributed by atoms with Gasteiger partial charge in [0.25, 0.3) is 0 Å². The highest BCUT2D eigenvalue weighted by Gasteiger charge is 2.15. The van der Waals surface area contributed by atoms with Crippen LogP contribution in [0.2, 0.25) is 0 Å². The van der Waals surface area contributed by atoms with Gasteiger partial charge in [0.15, 0.2) is 0 Å². The molecular weight excluding hydrogens is 304 g/mol. The van der Waals surface area contributed by atoms with Gasteiger partial charge in [-0.15, -0.1) is 0 Å². The number of halogens is 1. The fourth-order valence-electron chi connectivity index (χ4n) is 1.75. The van der Waals surface area contributed by atoms with Crippen molar-refractivity contribution in [2.24, 2.45) is 11.8 Å². The molecule has 0 aromatic carbocycles. The van der Waals surface area contributed by atoms with Gasteiger partial charge in [0.2, 0.25) is 0 Å². The van der Waals surface area contributed by atoms with Gasteiger partial charge >= 0.3 is 0 Å². The highest BCUT2D eigenvalue weighted by atomic mass is 79.9. The Morgan fingerprint density at radius 2 is 1.63 bits per heavy atom. The van der Waals surface area contributed by atoms with Crippen molar-refractivity contribution in [1.82, 2.24) is 9.97 Å². The summed E-state index contributed by atoms with van der Waals surface area (Å²) in [6, 6.07) is 0. The van der Waals surface area contributed by atoms with Gasteiger partial charge in [-0.3, -0.25) is 0 Å². The zero-order valence-corrected chi connectivity index (χ0v) is 13.9. The quantitative estimate of drug-likeness (QED) is 0.828. The van der Waals surface area contributed by atoms with Crippen LogP contribution in [0.25, 0.3) is 0 Å². The van der Waals surface area contributed by atoms with Crippen molar-refractivity contribution in [2.45, 2.75) is 40.5 Å². The Labute approximate surface area is 124 Å². The molecule has 1 rings (SSSR count). The maximum absolute atomic E-state index is 5.85. The first-order valence-corrected chi connectivity index (χ1v) is 7.72. The zero-order chi connectivity index (χ0) is 14.4. The molecule has 0 radical (unpaired) electrons. The summed E-state index contributed by atoms with van der Waals surface area (Å²) in [5, 5.41) is 0. The van der Waals surface area contributed by atoms with Gasteiger partial charge in [0.05, 0.1) is 0 Å². The van der Waals surface area contributed by atoms with Crippen molar-refractivity contribution in [1.29, 1.82) is 0 Å². The summed E-state index contributed by atoms with van der Waals surface area (Å²) < 4.78 is 0.808. The number of hydrogen-bond acceptors (Lipinski definition) is 4. The SMILES string of the molecule is CC(C)CCN(CCC(C)C)c1ncnc(N)c1Br. The van der Waals surface area contributed by atoms with Gasteiger partial charge in [-0.2, -0.15) is 0 Å². The highest BCUT2D eigenvalue weighted by molar-refractivity contribution is 9.10. The standard InChI is InChI=1S/C14H25BrN4/c1-10(2)5-7-19(8-6-11(3)4)14-12(15)13(16)17-9-18-14/h9-11H,5-8H2,1-4H3,(H2,16,17,18). The molecule has 0 amide bonds. The second kappa shape index (κ2) is 7.68. The fourth-order valence-corrected chi connectivity index (χ4v) is 2.20. The molecular formula is C14H25BrN4. The van der Waals surface area contributed by atoms with Crippen molar-refractivity contribution >= 4 is 27.6 Å². The van der Waals surface area contributed by atoms with E-state index in [4.69, 9.17) is 5.73 Å². The largest absolute Gasteiger partial charge is 0.383 e. The van der Waals surface area contributed by atoms with Gasteiger partial charge < -0.3 is 10.6 Å². The van der Waals surface area contributed by atoms with E-state index < -0.39 is 0 Å². The van der Waals surface area contributed by atoms with E-state index in [0.29, 0.717) is 17.7 Å². The molecule has 0 aliphatic carbocycles. The van der Waals surface area contributed by atoms with Crippen molar-refractivity contribution in [2.75, 3.05) is 23.7 Å². The molecule has 0 fully saturated rings. The first-order chi connectivity index (χ1) is 8.91. The van der Waals surface area contributed by atoms with Crippen LogP contribution in [0.15, 0.2) is 10.8 Å². The molecule has 0 aliphatic rings. The first-order valence-electron chi connectivity index (χ1n) is 6.92. The first kappa shape index (κ1) is 16.2. The molecule has 108 valence electrons. The minimum absolute atomic E-state index is 0.504. The average Bonchev–Trinajstić information content (AvgIpc) is 2.33. The lowest BCUT2D eigenvalue weighted by atomic mass is 10.1. The molecule has 1 aromatic heterocycles. The van der Waals surface area contributed by atoms with Gasteiger partial charge in [-0.25, -0.2) is 9.97 Å². The van der Waals surface area contributed by atoms with Crippen LogP contribution in [0.3, 0.4) is 0 Å². The third kappa shape index (κ3) is 5.35. The number of rotatable bonds is 7. The smallest absolute Gasteiger partial charge is 0.148 e. The number of nitrogens with zero attached hydrogens (tertiary/aromatic N) is 3. The van der Waals surface area contributed by atoms with Gasteiger partial charge in [0.1, 0.15) is 22.4 Å². The second-order valence-corrected chi connectivity index (χ2v) is 6.54. The van der Waals surface area contributed by atoms with Crippen LogP contribution >= 0.6 is 15.9 Å². The molecule has 5 heteroatoms. The molecule has 0 saturated carbocycles. The molecule has 0 bridgehead atoms. The van der Waals surface area contributed by atoms with Crippen LogP contribution in [-0.2, 0) is 0 Å². The van der Waals surface area contributed by atoms with Crippen molar-refractivity contribution < 1.29 is 0 Å². The molecule has 0 unspecified atom stereocenters. The summed E-state index contributed by atoms with van der Waals surface area (Å²) in [6.45, 7) is 11.0. The maximum atomic E-state index is 5.85. The monoisotopic (exact) mass is 328 g/mol. The minimum Gasteiger partial charge on any atom is -0.383 e. The lowest BCUT2D eigenvalue weighted by Crippen LogP contribution is -2.29. The molecule has 0 spiro atoms. The summed E-state index contributed by atoms with van der Waals surface area (Å²) in [5.74, 6) is 2.77. The highest BCUT2D eigenvalue weighted by Crippen LogP contribution is 2.28.